The molecule has 2 aromatic carbocycles. The van der Waals surface area contributed by atoms with Crippen molar-refractivity contribution in [3.05, 3.63) is 59.7 Å². The van der Waals surface area contributed by atoms with Crippen LogP contribution in [-0.2, 0) is 0 Å². The molecule has 3 nitrogen and oxygen atoms in total. The number of rotatable bonds is 5. The Morgan fingerprint density at radius 1 is 0.900 bits per heavy atom. The van der Waals surface area contributed by atoms with E-state index in [1.165, 1.54) is 0 Å². The summed E-state index contributed by atoms with van der Waals surface area (Å²) in [5, 5.41) is 13.4. The average molecular weight is 271 g/mol. The van der Waals surface area contributed by atoms with Gasteiger partial charge in [0.1, 0.15) is 11.5 Å². The molecule has 2 atom stereocenters. The fourth-order valence-corrected chi connectivity index (χ4v) is 2.43. The van der Waals surface area contributed by atoms with E-state index in [0.29, 0.717) is 5.75 Å². The molecular weight excluding hydrogens is 250 g/mol. The molecule has 2 N–H and O–H groups in total. The Labute approximate surface area is 120 Å². The number of para-hydroxylation sites is 2. The van der Waals surface area contributed by atoms with E-state index in [4.69, 9.17) is 4.74 Å². The van der Waals surface area contributed by atoms with Crippen LogP contribution in [0.15, 0.2) is 48.5 Å². The summed E-state index contributed by atoms with van der Waals surface area (Å²) < 4.78 is 5.39. The maximum absolute atomic E-state index is 9.90. The largest absolute Gasteiger partial charge is 0.508 e. The van der Waals surface area contributed by atoms with E-state index in [-0.39, 0.29) is 12.1 Å². The highest BCUT2D eigenvalue weighted by molar-refractivity contribution is 5.37. The Morgan fingerprint density at radius 3 is 2.10 bits per heavy atom. The number of benzene rings is 2. The first-order valence-electron chi connectivity index (χ1n) is 6.80. The van der Waals surface area contributed by atoms with Crippen LogP contribution in [0.2, 0.25) is 0 Å². The number of phenolic OH excluding ortho intramolecular Hbond substituents is 1. The monoisotopic (exact) mass is 271 g/mol. The fourth-order valence-electron chi connectivity index (χ4n) is 2.43. The standard InChI is InChI=1S/C17H21NO2/c1-12(14-8-4-6-10-16(14)19)18-13(2)15-9-5-7-11-17(15)20-3/h4-13,18-19H,1-3H3. The van der Waals surface area contributed by atoms with Crippen molar-refractivity contribution in [2.75, 3.05) is 7.11 Å². The lowest BCUT2D eigenvalue weighted by Gasteiger charge is -2.22. The second-order valence-electron chi connectivity index (χ2n) is 4.91. The third-order valence-corrected chi connectivity index (χ3v) is 3.51. The average Bonchev–Trinajstić information content (AvgIpc) is 2.47. The maximum Gasteiger partial charge on any atom is 0.123 e. The van der Waals surface area contributed by atoms with Crippen LogP contribution in [0.4, 0.5) is 0 Å². The van der Waals surface area contributed by atoms with E-state index in [2.05, 4.69) is 12.2 Å². The van der Waals surface area contributed by atoms with Crippen molar-refractivity contribution in [2.24, 2.45) is 0 Å². The molecule has 0 aliphatic carbocycles. The summed E-state index contributed by atoms with van der Waals surface area (Å²) >= 11 is 0. The first kappa shape index (κ1) is 14.4. The lowest BCUT2D eigenvalue weighted by Crippen LogP contribution is -2.23. The summed E-state index contributed by atoms with van der Waals surface area (Å²) in [4.78, 5) is 0. The summed E-state index contributed by atoms with van der Waals surface area (Å²) in [6.07, 6.45) is 0. The van der Waals surface area contributed by atoms with Crippen LogP contribution < -0.4 is 10.1 Å². The maximum atomic E-state index is 9.90. The van der Waals surface area contributed by atoms with Crippen LogP contribution in [0.3, 0.4) is 0 Å². The SMILES string of the molecule is COc1ccccc1C(C)NC(C)c1ccccc1O. The number of methoxy groups -OCH3 is 1. The van der Waals surface area contributed by atoms with Crippen LogP contribution in [0.1, 0.15) is 37.1 Å². The van der Waals surface area contributed by atoms with Crippen molar-refractivity contribution in [2.45, 2.75) is 25.9 Å². The summed E-state index contributed by atoms with van der Waals surface area (Å²) in [5.74, 6) is 1.19. The zero-order valence-electron chi connectivity index (χ0n) is 12.1. The van der Waals surface area contributed by atoms with Gasteiger partial charge in [-0.05, 0) is 26.0 Å². The highest BCUT2D eigenvalue weighted by atomic mass is 16.5. The van der Waals surface area contributed by atoms with Gasteiger partial charge in [0.25, 0.3) is 0 Å². The summed E-state index contributed by atoms with van der Waals surface area (Å²) in [5.41, 5.74) is 2.01. The molecule has 0 amide bonds. The summed E-state index contributed by atoms with van der Waals surface area (Å²) in [6, 6.07) is 15.5. The molecule has 3 heteroatoms. The van der Waals surface area contributed by atoms with E-state index in [1.54, 1.807) is 13.2 Å². The van der Waals surface area contributed by atoms with Crippen molar-refractivity contribution in [3.8, 4) is 11.5 Å². The van der Waals surface area contributed by atoms with E-state index in [1.807, 2.05) is 49.4 Å². The molecule has 0 saturated carbocycles. The highest BCUT2D eigenvalue weighted by Crippen LogP contribution is 2.29. The number of phenols is 1. The van der Waals surface area contributed by atoms with Gasteiger partial charge in [-0.25, -0.2) is 0 Å². The highest BCUT2D eigenvalue weighted by Gasteiger charge is 2.16. The van der Waals surface area contributed by atoms with Gasteiger partial charge in [-0.3, -0.25) is 0 Å². The molecule has 2 rings (SSSR count). The molecule has 0 bridgehead atoms. The topological polar surface area (TPSA) is 41.5 Å². The summed E-state index contributed by atoms with van der Waals surface area (Å²) in [6.45, 7) is 4.13. The smallest absolute Gasteiger partial charge is 0.123 e. The third kappa shape index (κ3) is 3.11. The zero-order valence-corrected chi connectivity index (χ0v) is 12.1. The minimum atomic E-state index is 0.0520. The molecule has 0 aromatic heterocycles. The number of nitrogens with one attached hydrogen (secondary N) is 1. The predicted octanol–water partition coefficient (Wildman–Crippen LogP) is 3.81. The molecule has 20 heavy (non-hydrogen) atoms. The van der Waals surface area contributed by atoms with Gasteiger partial charge in [-0.1, -0.05) is 36.4 Å². The number of hydrogen-bond acceptors (Lipinski definition) is 3. The van der Waals surface area contributed by atoms with Crippen molar-refractivity contribution in [1.29, 1.82) is 0 Å². The van der Waals surface area contributed by atoms with E-state index < -0.39 is 0 Å². The molecule has 2 unspecified atom stereocenters. The minimum absolute atomic E-state index is 0.0520. The molecular formula is C17H21NO2. The van der Waals surface area contributed by atoms with Crippen molar-refractivity contribution in [3.63, 3.8) is 0 Å². The van der Waals surface area contributed by atoms with Gasteiger partial charge in [-0.15, -0.1) is 0 Å². The summed E-state index contributed by atoms with van der Waals surface area (Å²) in [7, 11) is 1.68. The van der Waals surface area contributed by atoms with Crippen LogP contribution in [0.5, 0.6) is 11.5 Å². The number of aromatic hydroxyl groups is 1. The lowest BCUT2D eigenvalue weighted by molar-refractivity contribution is 0.394. The van der Waals surface area contributed by atoms with Crippen molar-refractivity contribution < 1.29 is 9.84 Å². The third-order valence-electron chi connectivity index (χ3n) is 3.51. The normalized spacial score (nSPS) is 13.8. The lowest BCUT2D eigenvalue weighted by atomic mass is 10.0. The van der Waals surface area contributed by atoms with Gasteiger partial charge < -0.3 is 15.2 Å². The Hall–Kier alpha value is -2.00. The first-order chi connectivity index (χ1) is 9.63. The second kappa shape index (κ2) is 6.44. The Kier molecular flexibility index (Phi) is 4.64. The van der Waals surface area contributed by atoms with Gasteiger partial charge in [0.15, 0.2) is 0 Å². The van der Waals surface area contributed by atoms with Crippen LogP contribution >= 0.6 is 0 Å². The van der Waals surface area contributed by atoms with E-state index in [9.17, 15) is 5.11 Å². The second-order valence-corrected chi connectivity index (χ2v) is 4.91. The Morgan fingerprint density at radius 2 is 1.45 bits per heavy atom. The molecule has 106 valence electrons. The number of ether oxygens (including phenoxy) is 1. The van der Waals surface area contributed by atoms with Crippen LogP contribution in [0.25, 0.3) is 0 Å². The van der Waals surface area contributed by atoms with Crippen LogP contribution in [-0.4, -0.2) is 12.2 Å². The molecule has 0 heterocycles. The minimum Gasteiger partial charge on any atom is -0.508 e. The molecule has 0 aliphatic rings. The molecule has 2 aromatic rings. The van der Waals surface area contributed by atoms with E-state index >= 15 is 0 Å². The van der Waals surface area contributed by atoms with Gasteiger partial charge in [0.2, 0.25) is 0 Å². The van der Waals surface area contributed by atoms with Gasteiger partial charge >= 0.3 is 0 Å². The first-order valence-corrected chi connectivity index (χ1v) is 6.80. The van der Waals surface area contributed by atoms with Crippen molar-refractivity contribution >= 4 is 0 Å². The number of hydrogen-bond donors (Lipinski definition) is 2. The van der Waals surface area contributed by atoms with Crippen molar-refractivity contribution in [1.82, 2.24) is 5.32 Å². The quantitative estimate of drug-likeness (QED) is 0.868. The molecule has 0 saturated heterocycles. The molecule has 0 aliphatic heterocycles. The van der Waals surface area contributed by atoms with E-state index in [0.717, 1.165) is 16.9 Å². The fraction of sp³-hybridized carbons (Fsp3) is 0.294. The Bertz CT molecular complexity index is 568. The van der Waals surface area contributed by atoms with Gasteiger partial charge in [0, 0.05) is 23.2 Å². The van der Waals surface area contributed by atoms with Gasteiger partial charge in [0.05, 0.1) is 7.11 Å². The molecule has 0 fully saturated rings. The zero-order chi connectivity index (χ0) is 14.5. The predicted molar refractivity (Wildman–Crippen MR) is 81.1 cm³/mol. The van der Waals surface area contributed by atoms with Gasteiger partial charge in [-0.2, -0.15) is 0 Å². The molecule has 0 spiro atoms. The van der Waals surface area contributed by atoms with Crippen LogP contribution in [0, 0.1) is 0 Å². The Balaban J connectivity index is 2.15. The molecule has 0 radical (unpaired) electrons.